The lowest BCUT2D eigenvalue weighted by molar-refractivity contribution is -0.153. The largest absolute Gasteiger partial charge is 0.366 e. The molecule has 0 radical (unpaired) electrons. The molecule has 3 saturated carbocycles. The highest BCUT2D eigenvalue weighted by atomic mass is 16.2. The van der Waals surface area contributed by atoms with Crippen LogP contribution in [-0.2, 0) is 29.4 Å². The molecule has 3 aromatic rings. The van der Waals surface area contributed by atoms with Crippen molar-refractivity contribution in [2.45, 2.75) is 165 Å². The summed E-state index contributed by atoms with van der Waals surface area (Å²) in [5.74, 6) is 0.316. The van der Waals surface area contributed by atoms with Crippen LogP contribution in [0.2, 0.25) is 0 Å². The molecule has 3 unspecified atom stereocenters. The number of aromatic nitrogens is 3. The van der Waals surface area contributed by atoms with Gasteiger partial charge in [-0.3, -0.25) is 39.2 Å². The summed E-state index contributed by atoms with van der Waals surface area (Å²) in [5, 5.41) is 6.18. The number of dihydropyridines is 1. The highest BCUT2D eigenvalue weighted by molar-refractivity contribution is 6.10. The van der Waals surface area contributed by atoms with E-state index in [1.54, 1.807) is 0 Å². The maximum absolute atomic E-state index is 15.4. The van der Waals surface area contributed by atoms with Crippen LogP contribution < -0.4 is 15.5 Å². The van der Waals surface area contributed by atoms with E-state index < -0.39 is 5.41 Å². The van der Waals surface area contributed by atoms with Gasteiger partial charge in [0.25, 0.3) is 0 Å². The van der Waals surface area contributed by atoms with Gasteiger partial charge < -0.3 is 29.5 Å². The van der Waals surface area contributed by atoms with Crippen molar-refractivity contribution in [1.82, 2.24) is 39.5 Å². The lowest BCUT2D eigenvalue weighted by Crippen LogP contribution is -2.60. The molecule has 9 heterocycles. The summed E-state index contributed by atoms with van der Waals surface area (Å²) in [6.45, 7) is 10.5. The standard InChI is InChI=1S/C58H75N11O5/c1-36(2)68-35-60-47-30-46(62-52(51(47)68)61-41-9-10-41)38-7-12-45-48(27-38)69(43-28-42(29-43)64-21-4-3-5-22-64)56(74)58(45)19-25-66(26-20-58)55(73)40-31-57(17-6-18-57)34-67(33-40)54(72)37-15-23-65(24-16-37)49-13-8-39(32-59-49)44-11-14-50(70)63-53(44)71/h7-8,12,27,30,32,35-37,40-44,49H,3-6,9-11,13-26,28-29,31,33-34H2,1-2H3,(H,61,62)(H,63,70,71)/t40?,42-,43+,44?,49?. The molecule has 392 valence electrons. The van der Waals surface area contributed by atoms with E-state index in [9.17, 15) is 19.2 Å². The molecule has 2 N–H and O–H groups in total. The van der Waals surface area contributed by atoms with Gasteiger partial charge in [0.1, 0.15) is 11.7 Å². The first-order valence-electron chi connectivity index (χ1n) is 28.7. The number of imidazole rings is 1. The number of piperidine rings is 5. The van der Waals surface area contributed by atoms with Crippen molar-refractivity contribution in [2.75, 3.05) is 62.6 Å². The van der Waals surface area contributed by atoms with Crippen LogP contribution in [0.25, 0.3) is 22.3 Å². The van der Waals surface area contributed by atoms with Crippen LogP contribution in [-0.4, -0.2) is 147 Å². The van der Waals surface area contributed by atoms with Crippen molar-refractivity contribution >= 4 is 58.3 Å². The Morgan fingerprint density at radius 2 is 1.58 bits per heavy atom. The molecule has 16 heteroatoms. The number of benzene rings is 1. The van der Waals surface area contributed by atoms with Crippen LogP contribution in [0.15, 0.2) is 47.2 Å². The molecule has 10 aliphatic rings. The summed E-state index contributed by atoms with van der Waals surface area (Å²) < 4.78 is 2.20. The van der Waals surface area contributed by atoms with Crippen molar-refractivity contribution < 1.29 is 24.0 Å². The zero-order chi connectivity index (χ0) is 50.5. The average molecular weight is 1010 g/mol. The van der Waals surface area contributed by atoms with E-state index >= 15 is 4.79 Å². The Labute approximate surface area is 435 Å². The minimum absolute atomic E-state index is 0.00525. The lowest BCUT2D eigenvalue weighted by Gasteiger charge is -2.52. The van der Waals surface area contributed by atoms with E-state index in [-0.39, 0.29) is 71.0 Å². The molecule has 13 rings (SSSR count). The van der Waals surface area contributed by atoms with Crippen molar-refractivity contribution in [1.29, 1.82) is 0 Å². The minimum atomic E-state index is -0.694. The first-order chi connectivity index (χ1) is 35.9. The molecule has 3 aliphatic carbocycles. The number of carbonyl (C=O) groups is 5. The molecule has 8 fully saturated rings. The van der Waals surface area contributed by atoms with Crippen LogP contribution in [0.4, 0.5) is 11.5 Å². The highest BCUT2D eigenvalue weighted by Gasteiger charge is 2.57. The number of nitrogens with one attached hydrogen (secondary N) is 2. The molecule has 1 aromatic carbocycles. The van der Waals surface area contributed by atoms with Gasteiger partial charge in [-0.15, -0.1) is 0 Å². The lowest BCUT2D eigenvalue weighted by atomic mass is 9.61. The molecule has 5 amide bonds. The third-order valence-corrected chi connectivity index (χ3v) is 19.6. The molecule has 74 heavy (non-hydrogen) atoms. The number of carbonyl (C=O) groups excluding carboxylic acids is 5. The highest BCUT2D eigenvalue weighted by Crippen LogP contribution is 2.54. The Hall–Kier alpha value is -5.48. The third-order valence-electron chi connectivity index (χ3n) is 19.6. The smallest absolute Gasteiger partial charge is 0.238 e. The van der Waals surface area contributed by atoms with Gasteiger partial charge in [0, 0.05) is 99.7 Å². The van der Waals surface area contributed by atoms with E-state index in [1.807, 2.05) is 17.4 Å². The summed E-state index contributed by atoms with van der Waals surface area (Å²) in [6.07, 6.45) is 22.2. The summed E-state index contributed by atoms with van der Waals surface area (Å²) >= 11 is 0. The van der Waals surface area contributed by atoms with Crippen LogP contribution in [0.5, 0.6) is 0 Å². The van der Waals surface area contributed by atoms with Gasteiger partial charge in [0.2, 0.25) is 29.5 Å². The Morgan fingerprint density at radius 3 is 2.27 bits per heavy atom. The second-order valence-electron chi connectivity index (χ2n) is 24.6. The van der Waals surface area contributed by atoms with Gasteiger partial charge in [0.15, 0.2) is 5.82 Å². The first-order valence-corrected chi connectivity index (χ1v) is 28.7. The normalized spacial score (nSPS) is 29.4. The SMILES string of the molecule is CC(C)n1cnc2cc(-c3ccc4c(c3)N([C@H]3C[C@@H](N5CCCCC5)C3)C(=O)C43CCN(C(=O)C4CN(C(=O)C5CCN(C6CC=C(C7CCC(=O)NC7=O)C=N6)CC5)CC5(CCC5)C4)CC3)nc(NC3CC3)c21. The van der Waals surface area contributed by atoms with Gasteiger partial charge in [-0.1, -0.05) is 31.1 Å². The quantitative estimate of drug-likeness (QED) is 0.202. The van der Waals surface area contributed by atoms with Crippen LogP contribution in [0.1, 0.15) is 141 Å². The second-order valence-corrected chi connectivity index (χ2v) is 24.6. The molecule has 16 nitrogen and oxygen atoms in total. The van der Waals surface area contributed by atoms with Crippen molar-refractivity contribution in [3.8, 4) is 11.3 Å². The van der Waals surface area contributed by atoms with Crippen LogP contribution in [0.3, 0.4) is 0 Å². The summed E-state index contributed by atoms with van der Waals surface area (Å²) in [4.78, 5) is 95.3. The number of rotatable bonds is 10. The number of fused-ring (bicyclic) bond motifs is 3. The maximum Gasteiger partial charge on any atom is 0.238 e. The number of nitrogens with zero attached hydrogens (tertiary/aromatic N) is 9. The number of amides is 5. The molecule has 7 aliphatic heterocycles. The number of imide groups is 1. The van der Waals surface area contributed by atoms with Gasteiger partial charge >= 0.3 is 0 Å². The van der Waals surface area contributed by atoms with Gasteiger partial charge in [0.05, 0.1) is 34.8 Å². The molecule has 3 atom stereocenters. The number of pyridine rings is 1. The zero-order valence-electron chi connectivity index (χ0n) is 43.6. The number of likely N-dealkylation sites (tertiary alicyclic amines) is 4. The van der Waals surface area contributed by atoms with Crippen LogP contribution >= 0.6 is 0 Å². The van der Waals surface area contributed by atoms with E-state index in [2.05, 4.69) is 79.0 Å². The fraction of sp³-hybridized carbons (Fsp3) is 0.655. The predicted molar refractivity (Wildman–Crippen MR) is 283 cm³/mol. The van der Waals surface area contributed by atoms with Gasteiger partial charge in [-0.25, -0.2) is 9.97 Å². The maximum atomic E-state index is 15.4. The van der Waals surface area contributed by atoms with Gasteiger partial charge in [-0.05, 0) is 146 Å². The van der Waals surface area contributed by atoms with E-state index in [0.717, 1.165) is 142 Å². The van der Waals surface area contributed by atoms with Crippen molar-refractivity contribution in [3.63, 3.8) is 0 Å². The van der Waals surface area contributed by atoms with Crippen molar-refractivity contribution in [3.05, 3.63) is 47.8 Å². The number of anilines is 2. The number of aliphatic imine (C=N–C) groups is 1. The molecule has 0 bridgehead atoms. The Morgan fingerprint density at radius 1 is 0.811 bits per heavy atom. The fourth-order valence-electron chi connectivity index (χ4n) is 14.9. The fourth-order valence-corrected chi connectivity index (χ4v) is 14.9. The third kappa shape index (κ3) is 8.57. The molecule has 2 aromatic heterocycles. The van der Waals surface area contributed by atoms with Gasteiger partial charge in [-0.2, -0.15) is 0 Å². The number of hydrogen-bond donors (Lipinski definition) is 2. The number of hydrogen-bond acceptors (Lipinski definition) is 11. The topological polar surface area (TPSA) is 169 Å². The van der Waals surface area contributed by atoms with E-state index in [1.165, 1.54) is 19.3 Å². The van der Waals surface area contributed by atoms with Crippen molar-refractivity contribution in [2.24, 2.45) is 28.2 Å². The molecular formula is C58H75N11O5. The van der Waals surface area contributed by atoms with E-state index in [0.29, 0.717) is 63.8 Å². The molecule has 5 saturated heterocycles. The first kappa shape index (κ1) is 48.2. The average Bonchev–Trinajstić information content (AvgIpc) is 4.08. The summed E-state index contributed by atoms with van der Waals surface area (Å²) in [7, 11) is 0. The predicted octanol–water partition coefficient (Wildman–Crippen LogP) is 6.99. The Kier molecular flexibility index (Phi) is 12.3. The zero-order valence-corrected chi connectivity index (χ0v) is 43.6. The Balaban J connectivity index is 0.698. The minimum Gasteiger partial charge on any atom is -0.366 e. The summed E-state index contributed by atoms with van der Waals surface area (Å²) in [5.41, 5.74) is 6.11. The molecular weight excluding hydrogens is 931 g/mol. The summed E-state index contributed by atoms with van der Waals surface area (Å²) in [6, 6.07) is 10.0. The molecule has 2 spiro atoms. The Bertz CT molecular complexity index is 2800. The van der Waals surface area contributed by atoms with E-state index in [4.69, 9.17) is 15.0 Å². The van der Waals surface area contributed by atoms with Crippen LogP contribution in [0, 0.1) is 23.2 Å². The monoisotopic (exact) mass is 1010 g/mol. The second kappa shape index (κ2) is 19.0.